The number of nitrogens with zero attached hydrogens (tertiary/aromatic N) is 2. The third-order valence-corrected chi connectivity index (χ3v) is 5.36. The molecule has 1 aliphatic rings. The van der Waals surface area contributed by atoms with Crippen molar-refractivity contribution in [2.24, 2.45) is 5.73 Å². The largest absolute Gasteiger partial charge is 0.481 e. The van der Waals surface area contributed by atoms with Gasteiger partial charge in [0.2, 0.25) is 0 Å². The molecule has 1 unspecified atom stereocenters. The number of nitrogen functional groups attached to an aromatic ring is 1. The summed E-state index contributed by atoms with van der Waals surface area (Å²) < 4.78 is 35.8. The standard InChI is InChI=1S/C9H15N3O11P2.C2H7NO/c10-5-1-2-12(9(15)11-5)8-7(14)6(13)4(22-8)3-21-25(19,20)23-24(16,17)18;3-1-2-4/h1-2,4,6-8,13-14H,3H2,(H,19,20)(H2,10,11,15)(H2,16,17,18);4H,1-3H2/t4-,6-,7-,8-;/m1./s1. The lowest BCUT2D eigenvalue weighted by Crippen LogP contribution is -2.36. The Bertz CT molecular complexity index is 813. The number of phosphoric acid groups is 2. The number of anilines is 1. The summed E-state index contributed by atoms with van der Waals surface area (Å²) in [4.78, 5) is 41.3. The Labute approximate surface area is 163 Å². The minimum atomic E-state index is -5.30. The minimum Gasteiger partial charge on any atom is -0.395 e. The van der Waals surface area contributed by atoms with Crippen molar-refractivity contribution >= 4 is 21.5 Å². The molecule has 0 spiro atoms. The average Bonchev–Trinajstić information content (AvgIpc) is 2.86. The molecule has 0 amide bonds. The number of phosphoric ester groups is 1. The molecule has 168 valence electrons. The summed E-state index contributed by atoms with van der Waals surface area (Å²) in [5.74, 6) is -0.0787. The highest BCUT2D eigenvalue weighted by molar-refractivity contribution is 7.60. The maximum Gasteiger partial charge on any atom is 0.481 e. The summed E-state index contributed by atoms with van der Waals surface area (Å²) in [7, 11) is -10.5. The van der Waals surface area contributed by atoms with Crippen LogP contribution in [0.15, 0.2) is 17.1 Å². The molecule has 10 N–H and O–H groups in total. The van der Waals surface area contributed by atoms with Crippen molar-refractivity contribution < 1.29 is 52.7 Å². The van der Waals surface area contributed by atoms with Gasteiger partial charge in [-0.3, -0.25) is 9.09 Å². The van der Waals surface area contributed by atoms with Gasteiger partial charge in [-0.15, -0.1) is 0 Å². The summed E-state index contributed by atoms with van der Waals surface area (Å²) in [6.45, 7) is -0.403. The van der Waals surface area contributed by atoms with Gasteiger partial charge in [0, 0.05) is 12.7 Å². The van der Waals surface area contributed by atoms with Crippen LogP contribution in [0.5, 0.6) is 0 Å². The number of aromatic nitrogens is 2. The lowest BCUT2D eigenvalue weighted by molar-refractivity contribution is -0.0541. The lowest BCUT2D eigenvalue weighted by atomic mass is 10.1. The van der Waals surface area contributed by atoms with Crippen molar-refractivity contribution in [3.63, 3.8) is 0 Å². The van der Waals surface area contributed by atoms with E-state index in [4.69, 9.17) is 36.0 Å². The van der Waals surface area contributed by atoms with Crippen molar-refractivity contribution in [2.45, 2.75) is 24.5 Å². The predicted octanol–water partition coefficient (Wildman–Crippen LogP) is -3.39. The number of hydrogen-bond acceptors (Lipinski definition) is 12. The van der Waals surface area contributed by atoms with E-state index in [0.29, 0.717) is 6.54 Å². The highest BCUT2D eigenvalue weighted by Gasteiger charge is 2.45. The molecule has 1 saturated heterocycles. The van der Waals surface area contributed by atoms with E-state index in [-0.39, 0.29) is 12.4 Å². The summed E-state index contributed by atoms with van der Waals surface area (Å²) in [6.07, 6.45) is -4.93. The molecule has 2 heterocycles. The molecule has 16 nitrogen and oxygen atoms in total. The molecule has 1 aromatic heterocycles. The molecule has 0 saturated carbocycles. The molecule has 18 heteroatoms. The zero-order valence-electron chi connectivity index (χ0n) is 14.7. The van der Waals surface area contributed by atoms with Gasteiger partial charge in [0.05, 0.1) is 13.2 Å². The fourth-order valence-electron chi connectivity index (χ4n) is 2.04. The molecule has 0 aliphatic carbocycles. The van der Waals surface area contributed by atoms with Crippen LogP contribution in [-0.4, -0.2) is 77.6 Å². The van der Waals surface area contributed by atoms with Crippen LogP contribution >= 0.6 is 15.6 Å². The molecule has 0 bridgehead atoms. The van der Waals surface area contributed by atoms with Gasteiger partial charge in [0.1, 0.15) is 24.1 Å². The van der Waals surface area contributed by atoms with Crippen LogP contribution in [0.1, 0.15) is 6.23 Å². The van der Waals surface area contributed by atoms with E-state index in [1.807, 2.05) is 0 Å². The van der Waals surface area contributed by atoms with Crippen LogP contribution in [0.2, 0.25) is 0 Å². The third kappa shape index (κ3) is 8.18. The van der Waals surface area contributed by atoms with Crippen LogP contribution < -0.4 is 17.2 Å². The van der Waals surface area contributed by atoms with Crippen LogP contribution in [0.4, 0.5) is 5.82 Å². The lowest BCUT2D eigenvalue weighted by Gasteiger charge is -2.17. The normalized spacial score (nSPS) is 26.4. The Morgan fingerprint density at radius 1 is 1.24 bits per heavy atom. The Kier molecular flexibility index (Phi) is 9.49. The maximum absolute atomic E-state index is 11.7. The van der Waals surface area contributed by atoms with Gasteiger partial charge >= 0.3 is 21.3 Å². The average molecular weight is 464 g/mol. The minimum absolute atomic E-state index is 0.0787. The predicted molar refractivity (Wildman–Crippen MR) is 93.9 cm³/mol. The zero-order chi connectivity index (χ0) is 22.4. The first-order chi connectivity index (χ1) is 13.3. The van der Waals surface area contributed by atoms with E-state index >= 15 is 0 Å². The summed E-state index contributed by atoms with van der Waals surface area (Å²) in [6, 6.07) is 1.24. The smallest absolute Gasteiger partial charge is 0.395 e. The molecule has 1 fully saturated rings. The molecular formula is C11H22N4O12P2. The molecule has 0 aromatic carbocycles. The third-order valence-electron chi connectivity index (χ3n) is 3.20. The van der Waals surface area contributed by atoms with E-state index in [0.717, 1.165) is 10.8 Å². The van der Waals surface area contributed by atoms with Gasteiger partial charge in [0.25, 0.3) is 0 Å². The summed E-state index contributed by atoms with van der Waals surface area (Å²) in [5, 5.41) is 27.6. The molecular weight excluding hydrogens is 442 g/mol. The Morgan fingerprint density at radius 2 is 1.83 bits per heavy atom. The van der Waals surface area contributed by atoms with Crippen molar-refractivity contribution in [1.29, 1.82) is 0 Å². The van der Waals surface area contributed by atoms with Crippen LogP contribution in [0, 0.1) is 0 Å². The fraction of sp³-hybridized carbons (Fsp3) is 0.636. The van der Waals surface area contributed by atoms with Gasteiger partial charge in [-0.1, -0.05) is 0 Å². The zero-order valence-corrected chi connectivity index (χ0v) is 16.5. The first kappa shape index (κ1) is 25.8. The van der Waals surface area contributed by atoms with Gasteiger partial charge in [-0.25, -0.2) is 13.9 Å². The number of ether oxygens (including phenoxy) is 1. The van der Waals surface area contributed by atoms with Gasteiger partial charge in [0.15, 0.2) is 6.23 Å². The fourth-order valence-corrected chi connectivity index (χ4v) is 3.64. The number of aliphatic hydroxyl groups excluding tert-OH is 3. The molecule has 1 aromatic rings. The van der Waals surface area contributed by atoms with E-state index < -0.39 is 52.5 Å². The molecule has 2 rings (SSSR count). The summed E-state index contributed by atoms with van der Waals surface area (Å²) >= 11 is 0. The number of rotatable bonds is 7. The SMILES string of the molecule is NCCO.Nc1ccn([C@@H]2O[C@H](COP(=O)(O)OP(=O)(O)O)[C@@H](O)[C@H]2O)c(=O)n1. The summed E-state index contributed by atoms with van der Waals surface area (Å²) in [5.41, 5.74) is 9.23. The molecule has 29 heavy (non-hydrogen) atoms. The number of aliphatic hydroxyl groups is 3. The highest BCUT2D eigenvalue weighted by Crippen LogP contribution is 2.57. The number of hydrogen-bond donors (Lipinski definition) is 8. The maximum atomic E-state index is 11.7. The topological polar surface area (TPSA) is 270 Å². The first-order valence-electron chi connectivity index (χ1n) is 7.72. The van der Waals surface area contributed by atoms with Crippen LogP contribution in [-0.2, 0) is 22.7 Å². The molecule has 5 atom stereocenters. The van der Waals surface area contributed by atoms with Crippen molar-refractivity contribution in [3.8, 4) is 0 Å². The van der Waals surface area contributed by atoms with E-state index in [9.17, 15) is 24.1 Å². The second-order valence-electron chi connectivity index (χ2n) is 5.44. The van der Waals surface area contributed by atoms with Crippen molar-refractivity contribution in [3.05, 3.63) is 22.7 Å². The van der Waals surface area contributed by atoms with Gasteiger partial charge < -0.3 is 46.2 Å². The monoisotopic (exact) mass is 464 g/mol. The van der Waals surface area contributed by atoms with E-state index in [1.54, 1.807) is 0 Å². The van der Waals surface area contributed by atoms with Gasteiger partial charge in [-0.2, -0.15) is 9.29 Å². The van der Waals surface area contributed by atoms with Crippen molar-refractivity contribution in [2.75, 3.05) is 25.5 Å². The number of nitrogens with two attached hydrogens (primary N) is 2. The van der Waals surface area contributed by atoms with E-state index in [2.05, 4.69) is 13.8 Å². The quantitative estimate of drug-likeness (QED) is 0.183. The second kappa shape index (κ2) is 10.7. The van der Waals surface area contributed by atoms with Crippen LogP contribution in [0.25, 0.3) is 0 Å². The van der Waals surface area contributed by atoms with Gasteiger partial charge in [-0.05, 0) is 6.07 Å². The Balaban J connectivity index is 0.000000960. The highest BCUT2D eigenvalue weighted by atomic mass is 31.3. The Hall–Kier alpha value is -1.26. The molecule has 0 radical (unpaired) electrons. The first-order valence-corrected chi connectivity index (χ1v) is 10.7. The molecule has 1 aliphatic heterocycles. The Morgan fingerprint density at radius 3 is 2.31 bits per heavy atom. The van der Waals surface area contributed by atoms with Crippen molar-refractivity contribution in [1.82, 2.24) is 9.55 Å². The van der Waals surface area contributed by atoms with E-state index in [1.165, 1.54) is 6.07 Å². The second-order valence-corrected chi connectivity index (χ2v) is 8.27. The van der Waals surface area contributed by atoms with Crippen LogP contribution in [0.3, 0.4) is 0 Å².